The first kappa shape index (κ1) is 13.8. The molecule has 0 atom stereocenters. The van der Waals surface area contributed by atoms with E-state index in [-0.39, 0.29) is 5.91 Å². The van der Waals surface area contributed by atoms with Gasteiger partial charge >= 0.3 is 0 Å². The maximum absolute atomic E-state index is 12.2. The number of piperazine rings is 1. The molecule has 0 N–H and O–H groups in total. The van der Waals surface area contributed by atoms with Crippen LogP contribution >= 0.6 is 0 Å². The van der Waals surface area contributed by atoms with Gasteiger partial charge in [0, 0.05) is 38.8 Å². The molecule has 1 saturated heterocycles. The highest BCUT2D eigenvalue weighted by Gasteiger charge is 2.21. The number of aromatic nitrogens is 1. The molecule has 2 aromatic rings. The quantitative estimate of drug-likeness (QED) is 0.855. The molecule has 0 aliphatic carbocycles. The molecule has 110 valence electrons. The minimum Gasteiger partial charge on any atom is -0.364 e. The van der Waals surface area contributed by atoms with Gasteiger partial charge in [0.25, 0.3) is 0 Å². The first-order valence-electron chi connectivity index (χ1n) is 7.24. The molecule has 1 amide bonds. The molecule has 5 heteroatoms. The molecule has 1 fully saturated rings. The van der Waals surface area contributed by atoms with E-state index in [4.69, 9.17) is 4.52 Å². The lowest BCUT2D eigenvalue weighted by molar-refractivity contribution is -0.132. The zero-order valence-corrected chi connectivity index (χ0v) is 11.9. The molecule has 5 nitrogen and oxygen atoms in total. The minimum atomic E-state index is 0.128. The van der Waals surface area contributed by atoms with E-state index in [2.05, 4.69) is 34.3 Å². The number of carbonyl (C=O) groups is 1. The van der Waals surface area contributed by atoms with Crippen LogP contribution < -0.4 is 0 Å². The Balaban J connectivity index is 1.47. The summed E-state index contributed by atoms with van der Waals surface area (Å²) in [5.41, 5.74) is 2.02. The van der Waals surface area contributed by atoms with Crippen LogP contribution in [-0.2, 0) is 17.8 Å². The third-order valence-corrected chi connectivity index (χ3v) is 3.80. The topological polar surface area (TPSA) is 49.6 Å². The van der Waals surface area contributed by atoms with E-state index < -0.39 is 0 Å². The number of carbonyl (C=O) groups excluding carboxylic acids is 1. The van der Waals surface area contributed by atoms with Crippen LogP contribution in [0.3, 0.4) is 0 Å². The number of amides is 1. The van der Waals surface area contributed by atoms with Gasteiger partial charge in [-0.2, -0.15) is 0 Å². The van der Waals surface area contributed by atoms with Crippen molar-refractivity contribution >= 4 is 5.91 Å². The normalized spacial score (nSPS) is 16.1. The maximum Gasteiger partial charge on any atom is 0.228 e. The lowest BCUT2D eigenvalue weighted by atomic mass is 10.2. The van der Waals surface area contributed by atoms with Gasteiger partial charge < -0.3 is 9.42 Å². The van der Waals surface area contributed by atoms with Crippen molar-refractivity contribution in [2.75, 3.05) is 26.2 Å². The van der Waals surface area contributed by atoms with Crippen LogP contribution in [-0.4, -0.2) is 47.0 Å². The Morgan fingerprint density at radius 3 is 2.52 bits per heavy atom. The van der Waals surface area contributed by atoms with Gasteiger partial charge in [0.2, 0.25) is 5.91 Å². The van der Waals surface area contributed by atoms with Crippen molar-refractivity contribution in [1.29, 1.82) is 0 Å². The highest BCUT2D eigenvalue weighted by Crippen LogP contribution is 2.09. The Kier molecular flexibility index (Phi) is 4.31. The van der Waals surface area contributed by atoms with Crippen molar-refractivity contribution < 1.29 is 9.32 Å². The largest absolute Gasteiger partial charge is 0.364 e. The lowest BCUT2D eigenvalue weighted by Crippen LogP contribution is -2.48. The van der Waals surface area contributed by atoms with Crippen molar-refractivity contribution in [1.82, 2.24) is 15.0 Å². The van der Waals surface area contributed by atoms with Crippen LogP contribution in [0, 0.1) is 0 Å². The SMILES string of the molecule is O=C(Cc1ccon1)N1CCN(Cc2ccccc2)CC1. The van der Waals surface area contributed by atoms with E-state index in [0.29, 0.717) is 12.1 Å². The molecule has 1 aliphatic rings. The molecule has 0 saturated carbocycles. The summed E-state index contributed by atoms with van der Waals surface area (Å²) in [6.07, 6.45) is 1.83. The van der Waals surface area contributed by atoms with E-state index in [1.807, 2.05) is 11.0 Å². The predicted octanol–water partition coefficient (Wildman–Crippen LogP) is 1.56. The molecule has 1 aliphatic heterocycles. The van der Waals surface area contributed by atoms with E-state index in [1.54, 1.807) is 6.07 Å². The fraction of sp³-hybridized carbons (Fsp3) is 0.375. The smallest absolute Gasteiger partial charge is 0.228 e. The van der Waals surface area contributed by atoms with E-state index in [1.165, 1.54) is 11.8 Å². The van der Waals surface area contributed by atoms with Gasteiger partial charge in [-0.25, -0.2) is 0 Å². The zero-order chi connectivity index (χ0) is 14.5. The fourth-order valence-electron chi connectivity index (χ4n) is 2.59. The third kappa shape index (κ3) is 3.70. The molecule has 0 radical (unpaired) electrons. The molecule has 2 heterocycles. The summed E-state index contributed by atoms with van der Waals surface area (Å²) in [4.78, 5) is 16.5. The van der Waals surface area contributed by atoms with E-state index >= 15 is 0 Å². The fourth-order valence-corrected chi connectivity index (χ4v) is 2.59. The molecule has 3 rings (SSSR count). The Hall–Kier alpha value is -2.14. The average Bonchev–Trinajstić information content (AvgIpc) is 3.02. The van der Waals surface area contributed by atoms with Crippen LogP contribution in [0.25, 0.3) is 0 Å². The van der Waals surface area contributed by atoms with Gasteiger partial charge in [-0.3, -0.25) is 9.69 Å². The summed E-state index contributed by atoms with van der Waals surface area (Å²) < 4.78 is 4.76. The predicted molar refractivity (Wildman–Crippen MR) is 78.5 cm³/mol. The second-order valence-electron chi connectivity index (χ2n) is 5.31. The van der Waals surface area contributed by atoms with Crippen molar-refractivity contribution in [2.45, 2.75) is 13.0 Å². The number of rotatable bonds is 4. The van der Waals surface area contributed by atoms with E-state index in [0.717, 1.165) is 32.7 Å². The average molecular weight is 285 g/mol. The van der Waals surface area contributed by atoms with Crippen molar-refractivity contribution in [2.24, 2.45) is 0 Å². The van der Waals surface area contributed by atoms with Gasteiger partial charge in [-0.05, 0) is 5.56 Å². The lowest BCUT2D eigenvalue weighted by Gasteiger charge is -2.34. The van der Waals surface area contributed by atoms with Gasteiger partial charge in [-0.1, -0.05) is 35.5 Å². The van der Waals surface area contributed by atoms with Crippen LogP contribution in [0.4, 0.5) is 0 Å². The second kappa shape index (κ2) is 6.54. The number of nitrogens with zero attached hydrogens (tertiary/aromatic N) is 3. The third-order valence-electron chi connectivity index (χ3n) is 3.80. The highest BCUT2D eigenvalue weighted by molar-refractivity contribution is 5.78. The monoisotopic (exact) mass is 285 g/mol. The summed E-state index contributed by atoms with van der Waals surface area (Å²) in [6, 6.07) is 12.2. The van der Waals surface area contributed by atoms with Crippen LogP contribution in [0.2, 0.25) is 0 Å². The maximum atomic E-state index is 12.2. The summed E-state index contributed by atoms with van der Waals surface area (Å²) in [7, 11) is 0. The zero-order valence-electron chi connectivity index (χ0n) is 11.9. The molecular formula is C16H19N3O2. The number of benzene rings is 1. The summed E-state index contributed by atoms with van der Waals surface area (Å²) in [5, 5.41) is 3.79. The minimum absolute atomic E-state index is 0.128. The van der Waals surface area contributed by atoms with Crippen LogP contribution in [0.15, 0.2) is 47.2 Å². The number of hydrogen-bond donors (Lipinski definition) is 0. The van der Waals surface area contributed by atoms with Gasteiger partial charge in [0.15, 0.2) is 0 Å². The van der Waals surface area contributed by atoms with Crippen LogP contribution in [0.5, 0.6) is 0 Å². The Morgan fingerprint density at radius 1 is 1.10 bits per heavy atom. The standard InChI is InChI=1S/C16H19N3O2/c20-16(12-15-6-11-21-17-15)19-9-7-18(8-10-19)13-14-4-2-1-3-5-14/h1-6,11H,7-10,12-13H2. The van der Waals surface area contributed by atoms with Crippen LogP contribution in [0.1, 0.15) is 11.3 Å². The van der Waals surface area contributed by atoms with Gasteiger partial charge in [-0.15, -0.1) is 0 Å². The molecule has 1 aromatic heterocycles. The number of hydrogen-bond acceptors (Lipinski definition) is 4. The Labute approximate surface area is 124 Å². The van der Waals surface area contributed by atoms with Crippen molar-refractivity contribution in [3.63, 3.8) is 0 Å². The molecule has 0 spiro atoms. The van der Waals surface area contributed by atoms with Gasteiger partial charge in [0.1, 0.15) is 6.26 Å². The second-order valence-corrected chi connectivity index (χ2v) is 5.31. The van der Waals surface area contributed by atoms with Crippen molar-refractivity contribution in [3.05, 3.63) is 53.9 Å². The summed E-state index contributed by atoms with van der Waals surface area (Å²) in [5.74, 6) is 0.128. The molecule has 0 unspecified atom stereocenters. The molecule has 21 heavy (non-hydrogen) atoms. The summed E-state index contributed by atoms with van der Waals surface area (Å²) >= 11 is 0. The van der Waals surface area contributed by atoms with E-state index in [9.17, 15) is 4.79 Å². The Morgan fingerprint density at radius 2 is 1.86 bits per heavy atom. The molecule has 1 aromatic carbocycles. The van der Waals surface area contributed by atoms with Gasteiger partial charge in [0.05, 0.1) is 12.1 Å². The molecule has 0 bridgehead atoms. The first-order chi connectivity index (χ1) is 10.3. The first-order valence-corrected chi connectivity index (χ1v) is 7.24. The summed E-state index contributed by atoms with van der Waals surface area (Å²) in [6.45, 7) is 4.35. The van der Waals surface area contributed by atoms with Crippen molar-refractivity contribution in [3.8, 4) is 0 Å². The molecular weight excluding hydrogens is 266 g/mol. The highest BCUT2D eigenvalue weighted by atomic mass is 16.5. The Bertz CT molecular complexity index is 560.